The van der Waals surface area contributed by atoms with E-state index in [1.165, 1.54) is 6.07 Å². The summed E-state index contributed by atoms with van der Waals surface area (Å²) in [7, 11) is 1.58. The van der Waals surface area contributed by atoms with Crippen molar-refractivity contribution >= 4 is 11.8 Å². The molecule has 0 saturated heterocycles. The number of nitrogens with zero attached hydrogens (tertiary/aromatic N) is 1. The second-order valence-electron chi connectivity index (χ2n) is 5.17. The van der Waals surface area contributed by atoms with Crippen molar-refractivity contribution in [3.05, 3.63) is 75.8 Å². The molecule has 24 heavy (non-hydrogen) atoms. The Morgan fingerprint density at radius 2 is 2.08 bits per heavy atom. The number of hydrogen-bond donors (Lipinski definition) is 2. The molecule has 0 saturated carbocycles. The van der Waals surface area contributed by atoms with Gasteiger partial charge in [-0.3, -0.25) is 10.1 Å². The molecule has 0 aromatic heterocycles. The molecule has 0 heterocycles. The van der Waals surface area contributed by atoms with E-state index in [1.54, 1.807) is 43.5 Å². The minimum Gasteiger partial charge on any atom is -0.497 e. The third kappa shape index (κ3) is 4.91. The van der Waals surface area contributed by atoms with Crippen LogP contribution in [0.25, 0.3) is 6.08 Å². The summed E-state index contributed by atoms with van der Waals surface area (Å²) in [5.74, 6) is 0.697. The molecule has 2 aromatic carbocycles. The fourth-order valence-electron chi connectivity index (χ4n) is 2.25. The van der Waals surface area contributed by atoms with Crippen LogP contribution in [0.2, 0.25) is 0 Å². The smallest absolute Gasteiger partial charge is 0.276 e. The average Bonchev–Trinajstić information content (AvgIpc) is 2.61. The van der Waals surface area contributed by atoms with Gasteiger partial charge in [0, 0.05) is 19.2 Å². The van der Waals surface area contributed by atoms with Crippen molar-refractivity contribution in [2.75, 3.05) is 20.2 Å². The normalized spacial score (nSPS) is 12.2. The van der Waals surface area contributed by atoms with Crippen molar-refractivity contribution < 1.29 is 14.8 Å². The first-order valence-corrected chi connectivity index (χ1v) is 7.54. The SMILES string of the molecule is COc1cccc(C(O)CNC/C=C/c2ccccc2[N+](=O)[O-])c1. The summed E-state index contributed by atoms with van der Waals surface area (Å²) in [5.41, 5.74) is 1.40. The molecule has 2 N–H and O–H groups in total. The number of aliphatic hydroxyl groups excluding tert-OH is 1. The first-order chi connectivity index (χ1) is 11.6. The lowest BCUT2D eigenvalue weighted by Crippen LogP contribution is -2.21. The van der Waals surface area contributed by atoms with Crippen LogP contribution in [0.5, 0.6) is 5.75 Å². The largest absolute Gasteiger partial charge is 0.497 e. The predicted molar refractivity (Wildman–Crippen MR) is 93.0 cm³/mol. The number of para-hydroxylation sites is 1. The highest BCUT2D eigenvalue weighted by Gasteiger charge is 2.09. The van der Waals surface area contributed by atoms with Gasteiger partial charge < -0.3 is 15.2 Å². The zero-order valence-electron chi connectivity index (χ0n) is 13.4. The summed E-state index contributed by atoms with van der Waals surface area (Å²) in [4.78, 5) is 10.5. The molecular formula is C18H20N2O4. The highest BCUT2D eigenvalue weighted by molar-refractivity contribution is 5.60. The standard InChI is InChI=1S/C18H20N2O4/c1-24-16-9-4-7-15(12-16)18(21)13-19-11-5-8-14-6-2-3-10-17(14)20(22)23/h2-10,12,18-19,21H,11,13H2,1H3/b8-5+. The van der Waals surface area contributed by atoms with Gasteiger partial charge in [0.1, 0.15) is 5.75 Å². The van der Waals surface area contributed by atoms with Gasteiger partial charge in [-0.05, 0) is 23.8 Å². The van der Waals surface area contributed by atoms with Gasteiger partial charge in [-0.1, -0.05) is 36.4 Å². The topological polar surface area (TPSA) is 84.6 Å². The second kappa shape index (κ2) is 8.81. The van der Waals surface area contributed by atoms with E-state index < -0.39 is 11.0 Å². The van der Waals surface area contributed by atoms with E-state index in [0.717, 1.165) is 5.56 Å². The number of nitrogens with one attached hydrogen (secondary N) is 1. The molecule has 126 valence electrons. The zero-order chi connectivity index (χ0) is 17.4. The summed E-state index contributed by atoms with van der Waals surface area (Å²) < 4.78 is 5.13. The van der Waals surface area contributed by atoms with Crippen LogP contribution >= 0.6 is 0 Å². The van der Waals surface area contributed by atoms with Crippen LogP contribution in [0.3, 0.4) is 0 Å². The van der Waals surface area contributed by atoms with E-state index in [1.807, 2.05) is 18.2 Å². The number of ether oxygens (including phenoxy) is 1. The molecule has 2 aromatic rings. The molecule has 0 fully saturated rings. The van der Waals surface area contributed by atoms with Gasteiger partial charge in [0.25, 0.3) is 5.69 Å². The molecule has 0 bridgehead atoms. The Labute approximate surface area is 140 Å². The van der Waals surface area contributed by atoms with E-state index in [9.17, 15) is 15.2 Å². The van der Waals surface area contributed by atoms with Crippen molar-refractivity contribution in [2.24, 2.45) is 0 Å². The highest BCUT2D eigenvalue weighted by Crippen LogP contribution is 2.19. The van der Waals surface area contributed by atoms with Crippen LogP contribution in [0.1, 0.15) is 17.2 Å². The Balaban J connectivity index is 1.85. The van der Waals surface area contributed by atoms with Gasteiger partial charge in [0.05, 0.1) is 23.7 Å². The number of nitro benzene ring substituents is 1. The van der Waals surface area contributed by atoms with Crippen LogP contribution in [0.15, 0.2) is 54.6 Å². The van der Waals surface area contributed by atoms with Gasteiger partial charge >= 0.3 is 0 Å². The summed E-state index contributed by atoms with van der Waals surface area (Å²) in [5, 5.41) is 24.2. The Morgan fingerprint density at radius 3 is 2.83 bits per heavy atom. The Kier molecular flexibility index (Phi) is 6.48. The van der Waals surface area contributed by atoms with Crippen LogP contribution in [-0.2, 0) is 0 Å². The molecule has 6 heteroatoms. The minimum atomic E-state index is -0.653. The summed E-state index contributed by atoms with van der Waals surface area (Å²) >= 11 is 0. The molecular weight excluding hydrogens is 308 g/mol. The first-order valence-electron chi connectivity index (χ1n) is 7.54. The molecule has 0 radical (unpaired) electrons. The van der Waals surface area contributed by atoms with Crippen LogP contribution in [-0.4, -0.2) is 30.2 Å². The molecule has 0 spiro atoms. The lowest BCUT2D eigenvalue weighted by atomic mass is 10.1. The van der Waals surface area contributed by atoms with Crippen molar-refractivity contribution in [2.45, 2.75) is 6.10 Å². The van der Waals surface area contributed by atoms with Gasteiger partial charge in [-0.25, -0.2) is 0 Å². The van der Waals surface area contributed by atoms with Gasteiger partial charge in [0.15, 0.2) is 0 Å². The van der Waals surface area contributed by atoms with E-state index in [0.29, 0.717) is 24.4 Å². The van der Waals surface area contributed by atoms with Gasteiger partial charge in [-0.15, -0.1) is 0 Å². The lowest BCUT2D eigenvalue weighted by molar-refractivity contribution is -0.385. The van der Waals surface area contributed by atoms with Crippen molar-refractivity contribution in [3.8, 4) is 5.75 Å². The van der Waals surface area contributed by atoms with Gasteiger partial charge in [0.2, 0.25) is 0 Å². The maximum atomic E-state index is 10.9. The summed E-state index contributed by atoms with van der Waals surface area (Å²) in [6.07, 6.45) is 2.84. The number of aliphatic hydroxyl groups is 1. The zero-order valence-corrected chi connectivity index (χ0v) is 13.4. The van der Waals surface area contributed by atoms with E-state index in [2.05, 4.69) is 5.32 Å². The monoisotopic (exact) mass is 328 g/mol. The van der Waals surface area contributed by atoms with Crippen LogP contribution < -0.4 is 10.1 Å². The quantitative estimate of drug-likeness (QED) is 0.442. The van der Waals surface area contributed by atoms with Crippen LogP contribution in [0.4, 0.5) is 5.69 Å². The van der Waals surface area contributed by atoms with Gasteiger partial charge in [-0.2, -0.15) is 0 Å². The Bertz CT molecular complexity index is 716. The maximum absolute atomic E-state index is 10.9. The average molecular weight is 328 g/mol. The molecule has 0 aliphatic heterocycles. The maximum Gasteiger partial charge on any atom is 0.276 e. The van der Waals surface area contributed by atoms with Crippen LogP contribution in [0, 0.1) is 10.1 Å². The minimum absolute atomic E-state index is 0.0742. The predicted octanol–water partition coefficient (Wildman–Crippen LogP) is 2.94. The van der Waals surface area contributed by atoms with E-state index in [4.69, 9.17) is 4.74 Å². The number of rotatable bonds is 8. The third-order valence-electron chi connectivity index (χ3n) is 3.51. The number of benzene rings is 2. The third-order valence-corrected chi connectivity index (χ3v) is 3.51. The Morgan fingerprint density at radius 1 is 1.29 bits per heavy atom. The molecule has 0 aliphatic carbocycles. The number of hydrogen-bond acceptors (Lipinski definition) is 5. The molecule has 6 nitrogen and oxygen atoms in total. The van der Waals surface area contributed by atoms with Crippen molar-refractivity contribution in [1.29, 1.82) is 0 Å². The molecule has 2 rings (SSSR count). The molecule has 0 aliphatic rings. The molecule has 1 atom stereocenters. The number of methoxy groups -OCH3 is 1. The fourth-order valence-corrected chi connectivity index (χ4v) is 2.25. The lowest BCUT2D eigenvalue weighted by Gasteiger charge is -2.12. The Hall–Kier alpha value is -2.70. The summed E-state index contributed by atoms with van der Waals surface area (Å²) in [6, 6.07) is 13.8. The molecule has 0 amide bonds. The first kappa shape index (κ1) is 17.7. The van der Waals surface area contributed by atoms with E-state index >= 15 is 0 Å². The summed E-state index contributed by atoms with van der Waals surface area (Å²) in [6.45, 7) is 0.863. The number of nitro groups is 1. The highest BCUT2D eigenvalue weighted by atomic mass is 16.6. The second-order valence-corrected chi connectivity index (χ2v) is 5.17. The van der Waals surface area contributed by atoms with E-state index in [-0.39, 0.29) is 5.69 Å². The fraction of sp³-hybridized carbons (Fsp3) is 0.222. The molecule has 1 unspecified atom stereocenters. The van der Waals surface area contributed by atoms with Crippen molar-refractivity contribution in [3.63, 3.8) is 0 Å². The van der Waals surface area contributed by atoms with Crippen molar-refractivity contribution in [1.82, 2.24) is 5.32 Å².